The van der Waals surface area contributed by atoms with E-state index < -0.39 is 17.6 Å². The second-order valence-corrected chi connectivity index (χ2v) is 5.65. The van der Waals surface area contributed by atoms with Gasteiger partial charge in [0.25, 0.3) is 5.91 Å². The van der Waals surface area contributed by atoms with E-state index in [1.54, 1.807) is 7.11 Å². The first-order chi connectivity index (χ1) is 10.6. The Bertz CT molecular complexity index is 454. The highest BCUT2D eigenvalue weighted by Gasteiger charge is 2.44. The van der Waals surface area contributed by atoms with Gasteiger partial charge in [-0.3, -0.25) is 4.79 Å². The van der Waals surface area contributed by atoms with Crippen molar-refractivity contribution in [1.29, 1.82) is 0 Å². The van der Waals surface area contributed by atoms with Crippen LogP contribution in [0.25, 0.3) is 0 Å². The molecule has 1 aromatic heterocycles. The van der Waals surface area contributed by atoms with E-state index in [2.05, 4.69) is 10.5 Å². The molecule has 1 saturated carbocycles. The lowest BCUT2D eigenvalue weighted by Crippen LogP contribution is -2.40. The third-order valence-corrected chi connectivity index (χ3v) is 3.85. The predicted octanol–water partition coefficient (Wildman–Crippen LogP) is -0.431. The van der Waals surface area contributed by atoms with E-state index in [0.717, 1.165) is 0 Å². The summed E-state index contributed by atoms with van der Waals surface area (Å²) < 4.78 is 15.3. The maximum absolute atomic E-state index is 11.9. The van der Waals surface area contributed by atoms with Gasteiger partial charge in [0.1, 0.15) is 0 Å². The average Bonchev–Trinajstić information content (AvgIpc) is 3.11. The number of aliphatic hydroxyl groups is 2. The van der Waals surface area contributed by atoms with Crippen molar-refractivity contribution in [3.63, 3.8) is 0 Å². The number of hydrogen-bond acceptors (Lipinski definition) is 7. The molecule has 0 radical (unpaired) electrons. The summed E-state index contributed by atoms with van der Waals surface area (Å²) in [5.41, 5.74) is -0.512. The van der Waals surface area contributed by atoms with Gasteiger partial charge in [-0.25, -0.2) is 0 Å². The number of ether oxygens (including phenoxy) is 2. The number of nitrogens with zero attached hydrogens (tertiary/aromatic N) is 1. The van der Waals surface area contributed by atoms with Crippen molar-refractivity contribution in [1.82, 2.24) is 10.5 Å². The van der Waals surface area contributed by atoms with Crippen molar-refractivity contribution in [2.24, 2.45) is 5.41 Å². The van der Waals surface area contributed by atoms with Crippen molar-refractivity contribution in [2.75, 3.05) is 33.5 Å². The molecule has 1 aliphatic carbocycles. The highest BCUT2D eigenvalue weighted by Crippen LogP contribution is 2.38. The quantitative estimate of drug-likeness (QED) is 0.558. The number of methoxy groups -OCH3 is 1. The molecular formula is C14H22N2O6. The highest BCUT2D eigenvalue weighted by molar-refractivity contribution is 5.91. The maximum Gasteiger partial charge on any atom is 0.289 e. The van der Waals surface area contributed by atoms with Gasteiger partial charge in [0.15, 0.2) is 0 Å². The normalized spacial score (nSPS) is 28.0. The molecule has 2 atom stereocenters. The Balaban J connectivity index is 1.91. The molecule has 0 bridgehead atoms. The number of nitrogens with one attached hydrogen (secondary N) is 1. The van der Waals surface area contributed by atoms with E-state index in [4.69, 9.17) is 14.0 Å². The Hall–Kier alpha value is -1.48. The lowest BCUT2D eigenvalue weighted by Gasteiger charge is -2.28. The summed E-state index contributed by atoms with van der Waals surface area (Å²) in [6.07, 6.45) is 0.485. The van der Waals surface area contributed by atoms with Crippen LogP contribution in [0.2, 0.25) is 0 Å². The number of carbonyl (C=O) groups excluding carboxylic acids is 1. The molecule has 0 aromatic carbocycles. The molecule has 8 nitrogen and oxygen atoms in total. The standard InChI is InChI=1S/C14H22N2O6/c1-20-4-5-21-9-14(6-10(17)11(18)7-14)8-15-13(19)12-2-3-16-22-12/h2-3,10-11,17-18H,4-9H2,1H3,(H,15,19). The summed E-state index contributed by atoms with van der Waals surface area (Å²) >= 11 is 0. The molecular weight excluding hydrogens is 292 g/mol. The second-order valence-electron chi connectivity index (χ2n) is 5.65. The van der Waals surface area contributed by atoms with Gasteiger partial charge in [0.2, 0.25) is 5.76 Å². The van der Waals surface area contributed by atoms with Gasteiger partial charge in [0.05, 0.1) is 38.2 Å². The molecule has 1 heterocycles. The van der Waals surface area contributed by atoms with Gasteiger partial charge in [-0.15, -0.1) is 0 Å². The van der Waals surface area contributed by atoms with Gasteiger partial charge >= 0.3 is 0 Å². The number of rotatable bonds is 8. The third-order valence-electron chi connectivity index (χ3n) is 3.85. The first kappa shape index (κ1) is 16.9. The maximum atomic E-state index is 11.9. The van der Waals surface area contributed by atoms with Crippen LogP contribution < -0.4 is 5.32 Å². The number of aromatic nitrogens is 1. The minimum absolute atomic E-state index is 0.120. The van der Waals surface area contributed by atoms with E-state index in [-0.39, 0.29) is 18.2 Å². The van der Waals surface area contributed by atoms with Crippen LogP contribution in [0.5, 0.6) is 0 Å². The van der Waals surface area contributed by atoms with Gasteiger partial charge in [-0.2, -0.15) is 0 Å². The van der Waals surface area contributed by atoms with Crippen molar-refractivity contribution < 1.29 is 29.0 Å². The van der Waals surface area contributed by atoms with Gasteiger partial charge < -0.3 is 29.5 Å². The van der Waals surface area contributed by atoms with E-state index >= 15 is 0 Å². The van der Waals surface area contributed by atoms with Crippen molar-refractivity contribution in [3.8, 4) is 0 Å². The Morgan fingerprint density at radius 1 is 1.45 bits per heavy atom. The van der Waals surface area contributed by atoms with Crippen LogP contribution in [-0.2, 0) is 9.47 Å². The Labute approximate surface area is 128 Å². The van der Waals surface area contributed by atoms with Crippen molar-refractivity contribution >= 4 is 5.91 Å². The zero-order valence-corrected chi connectivity index (χ0v) is 12.5. The van der Waals surface area contributed by atoms with Crippen LogP contribution >= 0.6 is 0 Å². The number of aliphatic hydroxyl groups excluding tert-OH is 2. The van der Waals surface area contributed by atoms with Gasteiger partial charge in [-0.05, 0) is 12.8 Å². The minimum Gasteiger partial charge on any atom is -0.390 e. The lowest BCUT2D eigenvalue weighted by molar-refractivity contribution is 0.0112. The number of amides is 1. The molecule has 1 aliphatic rings. The van der Waals surface area contributed by atoms with E-state index in [1.807, 2.05) is 0 Å². The van der Waals surface area contributed by atoms with E-state index in [0.29, 0.717) is 32.7 Å². The summed E-state index contributed by atoms with van der Waals surface area (Å²) in [5, 5.41) is 25.9. The molecule has 2 unspecified atom stereocenters. The summed E-state index contributed by atoms with van der Waals surface area (Å²) in [6, 6.07) is 1.47. The van der Waals surface area contributed by atoms with Crippen LogP contribution in [0.3, 0.4) is 0 Å². The molecule has 3 N–H and O–H groups in total. The Morgan fingerprint density at radius 2 is 2.18 bits per heavy atom. The van der Waals surface area contributed by atoms with Crippen molar-refractivity contribution in [3.05, 3.63) is 18.0 Å². The van der Waals surface area contributed by atoms with Gasteiger partial charge in [0, 0.05) is 25.1 Å². The number of carbonyl (C=O) groups is 1. The molecule has 22 heavy (non-hydrogen) atoms. The van der Waals surface area contributed by atoms with E-state index in [1.165, 1.54) is 12.3 Å². The summed E-state index contributed by atoms with van der Waals surface area (Å²) in [5.74, 6) is -0.265. The predicted molar refractivity (Wildman–Crippen MR) is 75.2 cm³/mol. The first-order valence-corrected chi connectivity index (χ1v) is 7.18. The number of hydrogen-bond donors (Lipinski definition) is 3. The molecule has 2 rings (SSSR count). The van der Waals surface area contributed by atoms with E-state index in [9.17, 15) is 15.0 Å². The topological polar surface area (TPSA) is 114 Å². The molecule has 0 saturated heterocycles. The Kier molecular flexibility index (Phi) is 5.90. The average molecular weight is 314 g/mol. The molecule has 0 spiro atoms. The molecule has 0 aliphatic heterocycles. The van der Waals surface area contributed by atoms with Crippen LogP contribution in [0.4, 0.5) is 0 Å². The van der Waals surface area contributed by atoms with Gasteiger partial charge in [-0.1, -0.05) is 5.16 Å². The summed E-state index contributed by atoms with van der Waals surface area (Å²) in [7, 11) is 1.58. The fraction of sp³-hybridized carbons (Fsp3) is 0.714. The molecule has 1 amide bonds. The lowest BCUT2D eigenvalue weighted by atomic mass is 9.86. The van der Waals surface area contributed by atoms with Crippen LogP contribution in [-0.4, -0.2) is 67.0 Å². The van der Waals surface area contributed by atoms with Crippen LogP contribution in [0, 0.1) is 5.41 Å². The first-order valence-electron chi connectivity index (χ1n) is 7.18. The third kappa shape index (κ3) is 4.26. The molecule has 1 fully saturated rings. The largest absolute Gasteiger partial charge is 0.390 e. The minimum atomic E-state index is -0.812. The fourth-order valence-electron chi connectivity index (χ4n) is 2.67. The highest BCUT2D eigenvalue weighted by atomic mass is 16.5. The van der Waals surface area contributed by atoms with Crippen LogP contribution in [0.15, 0.2) is 16.8 Å². The second kappa shape index (κ2) is 7.68. The SMILES string of the molecule is COCCOCC1(CNC(=O)c2ccno2)CC(O)C(O)C1. The molecule has 8 heteroatoms. The summed E-state index contributed by atoms with van der Waals surface area (Å²) in [4.78, 5) is 11.9. The molecule has 124 valence electrons. The smallest absolute Gasteiger partial charge is 0.289 e. The summed E-state index contributed by atoms with van der Waals surface area (Å²) in [6.45, 7) is 1.47. The Morgan fingerprint density at radius 3 is 2.77 bits per heavy atom. The fourth-order valence-corrected chi connectivity index (χ4v) is 2.67. The van der Waals surface area contributed by atoms with Crippen LogP contribution in [0.1, 0.15) is 23.4 Å². The van der Waals surface area contributed by atoms with Crippen molar-refractivity contribution in [2.45, 2.75) is 25.0 Å². The molecule has 1 aromatic rings. The zero-order chi connectivity index (χ0) is 16.0. The zero-order valence-electron chi connectivity index (χ0n) is 12.5. The monoisotopic (exact) mass is 314 g/mol.